The molecule has 0 saturated heterocycles. The van der Waals surface area contributed by atoms with E-state index in [0.717, 1.165) is 0 Å². The third kappa shape index (κ3) is 2.79. The fourth-order valence-corrected chi connectivity index (χ4v) is 1.61. The minimum atomic E-state index is -0.455. The van der Waals surface area contributed by atoms with Gasteiger partial charge in [-0.25, -0.2) is 0 Å². The molecule has 1 aromatic carbocycles. The number of rotatable bonds is 3. The Morgan fingerprint density at radius 2 is 1.94 bits per heavy atom. The maximum Gasteiger partial charge on any atom is 0.261 e. The molecule has 88 valence electrons. The van der Waals surface area contributed by atoms with Gasteiger partial charge in [-0.1, -0.05) is 6.07 Å². The molecule has 0 saturated carbocycles. The zero-order valence-electron chi connectivity index (χ0n) is 9.14. The maximum atomic E-state index is 11.9. The van der Waals surface area contributed by atoms with E-state index in [4.69, 9.17) is 11.6 Å². The van der Waals surface area contributed by atoms with Crippen molar-refractivity contribution in [2.45, 2.75) is 12.3 Å². The topological polar surface area (TPSA) is 60.8 Å². The fourth-order valence-electron chi connectivity index (χ4n) is 1.40. The summed E-state index contributed by atoms with van der Waals surface area (Å²) in [6, 6.07) is 4.17. The Bertz CT molecular complexity index is 373. The Hall–Kier alpha value is -1.42. The number of alkyl halides is 1. The number of carbonyl (C=O) groups excluding carboxylic acids is 1. The molecular weight excluding hydrogens is 230 g/mol. The molecule has 1 aromatic rings. The van der Waals surface area contributed by atoms with E-state index in [2.05, 4.69) is 0 Å². The van der Waals surface area contributed by atoms with Gasteiger partial charge in [0.25, 0.3) is 5.91 Å². The lowest BCUT2D eigenvalue weighted by molar-refractivity contribution is 0.0790. The Balaban J connectivity index is 2.96. The average molecular weight is 244 g/mol. The van der Waals surface area contributed by atoms with Crippen LogP contribution in [0.5, 0.6) is 11.5 Å². The first kappa shape index (κ1) is 12.6. The Kier molecular flexibility index (Phi) is 4.01. The number of benzene rings is 1. The van der Waals surface area contributed by atoms with E-state index < -0.39 is 5.91 Å². The van der Waals surface area contributed by atoms with Crippen molar-refractivity contribution < 1.29 is 15.0 Å². The first-order valence-corrected chi connectivity index (χ1v) is 5.27. The molecule has 0 bridgehead atoms. The minimum Gasteiger partial charge on any atom is -0.507 e. The summed E-state index contributed by atoms with van der Waals surface area (Å²) in [7, 11) is 1.56. The Morgan fingerprint density at radius 1 is 1.44 bits per heavy atom. The van der Waals surface area contributed by atoms with Crippen molar-refractivity contribution in [1.82, 2.24) is 4.90 Å². The molecule has 1 unspecified atom stereocenters. The van der Waals surface area contributed by atoms with Gasteiger partial charge in [0.1, 0.15) is 17.1 Å². The number of carbonyl (C=O) groups is 1. The quantitative estimate of drug-likeness (QED) is 0.796. The van der Waals surface area contributed by atoms with E-state index in [1.165, 1.54) is 23.1 Å². The van der Waals surface area contributed by atoms with Crippen molar-refractivity contribution in [2.75, 3.05) is 13.6 Å². The summed E-state index contributed by atoms with van der Waals surface area (Å²) in [5.74, 6) is -0.929. The lowest BCUT2D eigenvalue weighted by atomic mass is 10.1. The molecule has 0 spiro atoms. The Labute approximate surface area is 99.1 Å². The summed E-state index contributed by atoms with van der Waals surface area (Å²) < 4.78 is 0. The summed E-state index contributed by atoms with van der Waals surface area (Å²) >= 11 is 5.76. The number of nitrogens with zero attached hydrogens (tertiary/aromatic N) is 1. The summed E-state index contributed by atoms with van der Waals surface area (Å²) in [6.45, 7) is 2.10. The molecule has 1 amide bonds. The van der Waals surface area contributed by atoms with Crippen LogP contribution in [0, 0.1) is 0 Å². The fraction of sp³-hybridized carbons (Fsp3) is 0.364. The van der Waals surface area contributed by atoms with E-state index >= 15 is 0 Å². The van der Waals surface area contributed by atoms with Gasteiger partial charge < -0.3 is 15.1 Å². The van der Waals surface area contributed by atoms with E-state index in [1.807, 2.05) is 0 Å². The molecule has 2 N–H and O–H groups in total. The number of hydrogen-bond donors (Lipinski definition) is 2. The van der Waals surface area contributed by atoms with Gasteiger partial charge in [-0.05, 0) is 19.1 Å². The normalized spacial score (nSPS) is 12.2. The van der Waals surface area contributed by atoms with Gasteiger partial charge in [0.2, 0.25) is 0 Å². The van der Waals surface area contributed by atoms with Crippen LogP contribution in [0.25, 0.3) is 0 Å². The highest BCUT2D eigenvalue weighted by molar-refractivity contribution is 6.20. The zero-order chi connectivity index (χ0) is 12.3. The summed E-state index contributed by atoms with van der Waals surface area (Å²) in [6.07, 6.45) is 0. The van der Waals surface area contributed by atoms with Crippen LogP contribution >= 0.6 is 11.6 Å². The highest BCUT2D eigenvalue weighted by atomic mass is 35.5. The average Bonchev–Trinajstić information content (AvgIpc) is 2.16. The number of hydrogen-bond acceptors (Lipinski definition) is 3. The van der Waals surface area contributed by atoms with Crippen LogP contribution in [0.1, 0.15) is 17.3 Å². The highest BCUT2D eigenvalue weighted by Crippen LogP contribution is 2.27. The van der Waals surface area contributed by atoms with Gasteiger partial charge in [0.15, 0.2) is 0 Å². The molecule has 16 heavy (non-hydrogen) atoms. The first-order valence-electron chi connectivity index (χ1n) is 4.84. The molecule has 0 radical (unpaired) electrons. The molecule has 1 rings (SSSR count). The summed E-state index contributed by atoms with van der Waals surface area (Å²) in [5.41, 5.74) is -0.0951. The van der Waals surface area contributed by atoms with E-state index in [-0.39, 0.29) is 22.4 Å². The first-order chi connectivity index (χ1) is 7.43. The molecule has 0 fully saturated rings. The minimum absolute atomic E-state index is 0.0951. The smallest absolute Gasteiger partial charge is 0.261 e. The number of amides is 1. The molecule has 0 aromatic heterocycles. The van der Waals surface area contributed by atoms with Gasteiger partial charge >= 0.3 is 0 Å². The van der Waals surface area contributed by atoms with Gasteiger partial charge in [-0.15, -0.1) is 11.6 Å². The highest BCUT2D eigenvalue weighted by Gasteiger charge is 2.20. The Morgan fingerprint density at radius 3 is 2.38 bits per heavy atom. The lowest BCUT2D eigenvalue weighted by Gasteiger charge is -2.19. The van der Waals surface area contributed by atoms with E-state index in [1.54, 1.807) is 14.0 Å². The van der Waals surface area contributed by atoms with Crippen LogP contribution in [0.4, 0.5) is 0 Å². The van der Waals surface area contributed by atoms with Crippen molar-refractivity contribution in [3.8, 4) is 11.5 Å². The van der Waals surface area contributed by atoms with Crippen LogP contribution in [0.2, 0.25) is 0 Å². The second-order valence-electron chi connectivity index (χ2n) is 3.64. The van der Waals surface area contributed by atoms with Crippen LogP contribution in [-0.2, 0) is 0 Å². The van der Waals surface area contributed by atoms with Crippen molar-refractivity contribution in [3.63, 3.8) is 0 Å². The van der Waals surface area contributed by atoms with Gasteiger partial charge in [0.05, 0.1) is 0 Å². The number of halogens is 1. The molecule has 0 aliphatic rings. The van der Waals surface area contributed by atoms with Gasteiger partial charge in [0, 0.05) is 19.0 Å². The molecule has 0 aliphatic carbocycles. The second-order valence-corrected chi connectivity index (χ2v) is 4.38. The second kappa shape index (κ2) is 5.07. The van der Waals surface area contributed by atoms with Gasteiger partial charge in [-0.2, -0.15) is 0 Å². The molecule has 1 atom stereocenters. The van der Waals surface area contributed by atoms with Crippen LogP contribution < -0.4 is 0 Å². The van der Waals surface area contributed by atoms with Crippen molar-refractivity contribution >= 4 is 17.5 Å². The maximum absolute atomic E-state index is 11.9. The molecule has 0 aliphatic heterocycles. The van der Waals surface area contributed by atoms with E-state index in [9.17, 15) is 15.0 Å². The predicted molar refractivity (Wildman–Crippen MR) is 62.0 cm³/mol. The summed E-state index contributed by atoms with van der Waals surface area (Å²) in [5, 5.41) is 18.8. The molecule has 0 heterocycles. The monoisotopic (exact) mass is 243 g/mol. The number of phenolic OH excluding ortho intramolecular Hbond substituents is 2. The zero-order valence-corrected chi connectivity index (χ0v) is 9.90. The van der Waals surface area contributed by atoms with Crippen LogP contribution in [0.15, 0.2) is 18.2 Å². The predicted octanol–water partition coefficient (Wildman–Crippen LogP) is 1.80. The van der Waals surface area contributed by atoms with Crippen LogP contribution in [-0.4, -0.2) is 40.0 Å². The van der Waals surface area contributed by atoms with E-state index in [0.29, 0.717) is 6.54 Å². The standard InChI is InChI=1S/C11H14ClNO3/c1-7(12)6-13(2)11(16)10-8(14)4-3-5-9(10)15/h3-5,7,14-15H,6H2,1-2H3. The molecule has 4 nitrogen and oxygen atoms in total. The number of aromatic hydroxyl groups is 2. The van der Waals surface area contributed by atoms with Crippen LogP contribution in [0.3, 0.4) is 0 Å². The van der Waals surface area contributed by atoms with Crippen molar-refractivity contribution in [2.24, 2.45) is 0 Å². The van der Waals surface area contributed by atoms with Crippen molar-refractivity contribution in [1.29, 1.82) is 0 Å². The molecular formula is C11H14ClNO3. The summed E-state index contributed by atoms with van der Waals surface area (Å²) in [4.78, 5) is 13.2. The molecule has 5 heteroatoms. The number of phenols is 2. The third-order valence-corrected chi connectivity index (χ3v) is 2.24. The van der Waals surface area contributed by atoms with Gasteiger partial charge in [-0.3, -0.25) is 4.79 Å². The largest absolute Gasteiger partial charge is 0.507 e. The third-order valence-electron chi connectivity index (χ3n) is 2.11. The lowest BCUT2D eigenvalue weighted by Crippen LogP contribution is -2.31. The van der Waals surface area contributed by atoms with Crippen molar-refractivity contribution in [3.05, 3.63) is 23.8 Å². The SMILES string of the molecule is CC(Cl)CN(C)C(=O)c1c(O)cccc1O.